The van der Waals surface area contributed by atoms with Crippen molar-refractivity contribution in [3.8, 4) is 5.75 Å². The predicted molar refractivity (Wildman–Crippen MR) is 63.6 cm³/mol. The predicted octanol–water partition coefficient (Wildman–Crippen LogP) is 1.74. The normalized spacial score (nSPS) is 28.6. The van der Waals surface area contributed by atoms with Gasteiger partial charge in [-0.05, 0) is 18.1 Å². The summed E-state index contributed by atoms with van der Waals surface area (Å²) in [6.07, 6.45) is 1.99. The molecule has 2 N–H and O–H groups in total. The molecule has 3 heteroatoms. The van der Waals surface area contributed by atoms with E-state index in [-0.39, 0.29) is 18.2 Å². The average Bonchev–Trinajstić information content (AvgIpc) is 2.29. The van der Waals surface area contributed by atoms with Crippen molar-refractivity contribution in [2.45, 2.75) is 38.0 Å². The highest BCUT2D eigenvalue weighted by Crippen LogP contribution is 2.29. The first kappa shape index (κ1) is 11.4. The van der Waals surface area contributed by atoms with Gasteiger partial charge in [0.2, 0.25) is 0 Å². The molecule has 0 spiro atoms. The van der Waals surface area contributed by atoms with Crippen LogP contribution in [0.3, 0.4) is 0 Å². The Bertz CT molecular complexity index is 354. The van der Waals surface area contributed by atoms with E-state index < -0.39 is 0 Å². The summed E-state index contributed by atoms with van der Waals surface area (Å²) in [4.78, 5) is 0. The molecule has 1 aromatic rings. The van der Waals surface area contributed by atoms with Gasteiger partial charge in [-0.3, -0.25) is 0 Å². The molecule has 1 saturated carbocycles. The Morgan fingerprint density at radius 2 is 2.12 bits per heavy atom. The molecule has 1 aliphatic carbocycles. The Balaban J connectivity index is 2.04. The number of hydrogen-bond acceptors (Lipinski definition) is 3. The molecule has 1 aromatic carbocycles. The maximum atomic E-state index is 5.94. The highest BCUT2D eigenvalue weighted by atomic mass is 16.5. The molecule has 0 radical (unpaired) electrons. The van der Waals surface area contributed by atoms with Crippen LogP contribution in [0.2, 0.25) is 0 Å². The third-order valence-corrected chi connectivity index (χ3v) is 3.20. The van der Waals surface area contributed by atoms with Gasteiger partial charge >= 0.3 is 0 Å². The number of rotatable bonds is 4. The molecule has 0 bridgehead atoms. The lowest BCUT2D eigenvalue weighted by atomic mass is 9.86. The lowest BCUT2D eigenvalue weighted by Crippen LogP contribution is -2.59. The monoisotopic (exact) mass is 221 g/mol. The van der Waals surface area contributed by atoms with Crippen molar-refractivity contribution < 1.29 is 9.47 Å². The van der Waals surface area contributed by atoms with Crippen LogP contribution < -0.4 is 10.5 Å². The second kappa shape index (κ2) is 4.85. The summed E-state index contributed by atoms with van der Waals surface area (Å²) in [5, 5.41) is 0. The van der Waals surface area contributed by atoms with Crippen molar-refractivity contribution in [2.75, 3.05) is 7.11 Å². The first-order chi connectivity index (χ1) is 7.76. The highest BCUT2D eigenvalue weighted by molar-refractivity contribution is 5.33. The number of ether oxygens (including phenoxy) is 2. The summed E-state index contributed by atoms with van der Waals surface area (Å²) < 4.78 is 11.2. The van der Waals surface area contributed by atoms with E-state index in [2.05, 4.69) is 13.0 Å². The molecule has 3 nitrogen and oxygen atoms in total. The fourth-order valence-electron chi connectivity index (χ4n) is 2.13. The van der Waals surface area contributed by atoms with Gasteiger partial charge in [-0.15, -0.1) is 0 Å². The number of benzene rings is 1. The van der Waals surface area contributed by atoms with Gasteiger partial charge in [0.05, 0.1) is 0 Å². The Kier molecular flexibility index (Phi) is 3.46. The topological polar surface area (TPSA) is 44.5 Å². The van der Waals surface area contributed by atoms with E-state index in [0.29, 0.717) is 0 Å². The molecule has 1 aliphatic rings. The van der Waals surface area contributed by atoms with Crippen LogP contribution in [0.5, 0.6) is 5.75 Å². The third-order valence-electron chi connectivity index (χ3n) is 3.20. The van der Waals surface area contributed by atoms with Gasteiger partial charge in [-0.2, -0.15) is 0 Å². The molecular weight excluding hydrogens is 202 g/mol. The molecule has 0 heterocycles. The Morgan fingerprint density at radius 3 is 2.75 bits per heavy atom. The summed E-state index contributed by atoms with van der Waals surface area (Å²) in [5.74, 6) is 0.962. The van der Waals surface area contributed by atoms with Gasteiger partial charge in [-0.25, -0.2) is 0 Å². The Labute approximate surface area is 96.5 Å². The second-order valence-corrected chi connectivity index (χ2v) is 4.22. The largest absolute Gasteiger partial charge is 0.487 e. The summed E-state index contributed by atoms with van der Waals surface area (Å²) in [5.41, 5.74) is 7.08. The molecule has 16 heavy (non-hydrogen) atoms. The van der Waals surface area contributed by atoms with Gasteiger partial charge in [0.1, 0.15) is 18.0 Å². The third kappa shape index (κ3) is 2.06. The van der Waals surface area contributed by atoms with Crippen LogP contribution in [0, 0.1) is 0 Å². The fourth-order valence-corrected chi connectivity index (χ4v) is 2.13. The van der Waals surface area contributed by atoms with Crippen LogP contribution in [-0.2, 0) is 11.2 Å². The van der Waals surface area contributed by atoms with E-state index in [1.165, 1.54) is 5.56 Å². The van der Waals surface area contributed by atoms with E-state index in [9.17, 15) is 0 Å². The summed E-state index contributed by atoms with van der Waals surface area (Å²) in [6, 6.07) is 8.25. The minimum absolute atomic E-state index is 0.0323. The zero-order valence-corrected chi connectivity index (χ0v) is 9.85. The maximum Gasteiger partial charge on any atom is 0.128 e. The molecule has 3 atom stereocenters. The van der Waals surface area contributed by atoms with Crippen molar-refractivity contribution in [3.05, 3.63) is 29.8 Å². The van der Waals surface area contributed by atoms with E-state index in [4.69, 9.17) is 15.2 Å². The summed E-state index contributed by atoms with van der Waals surface area (Å²) in [6.45, 7) is 2.13. The van der Waals surface area contributed by atoms with Gasteiger partial charge in [0.15, 0.2) is 0 Å². The molecule has 0 amide bonds. The molecule has 0 aliphatic heterocycles. The summed E-state index contributed by atoms with van der Waals surface area (Å²) in [7, 11) is 1.69. The van der Waals surface area contributed by atoms with E-state index in [1.807, 2.05) is 18.2 Å². The number of para-hydroxylation sites is 1. The van der Waals surface area contributed by atoms with Crippen molar-refractivity contribution in [2.24, 2.45) is 5.73 Å². The van der Waals surface area contributed by atoms with Crippen LogP contribution in [0.1, 0.15) is 18.9 Å². The van der Waals surface area contributed by atoms with Crippen LogP contribution in [0.15, 0.2) is 24.3 Å². The van der Waals surface area contributed by atoms with Crippen molar-refractivity contribution in [1.82, 2.24) is 0 Å². The molecule has 0 saturated heterocycles. The van der Waals surface area contributed by atoms with Crippen molar-refractivity contribution >= 4 is 0 Å². The number of hydrogen-bond donors (Lipinski definition) is 1. The van der Waals surface area contributed by atoms with Crippen LogP contribution >= 0.6 is 0 Å². The Morgan fingerprint density at radius 1 is 1.38 bits per heavy atom. The van der Waals surface area contributed by atoms with Crippen molar-refractivity contribution in [3.63, 3.8) is 0 Å². The highest BCUT2D eigenvalue weighted by Gasteiger charge is 2.41. The minimum atomic E-state index is 0.0323. The zero-order chi connectivity index (χ0) is 11.5. The van der Waals surface area contributed by atoms with E-state index in [0.717, 1.165) is 18.6 Å². The molecule has 2 rings (SSSR count). The maximum absolute atomic E-state index is 5.94. The second-order valence-electron chi connectivity index (χ2n) is 4.22. The number of nitrogens with two attached hydrogens (primary N) is 1. The van der Waals surface area contributed by atoms with Crippen LogP contribution in [-0.4, -0.2) is 25.4 Å². The van der Waals surface area contributed by atoms with Crippen LogP contribution in [0.25, 0.3) is 0 Å². The molecule has 3 unspecified atom stereocenters. The van der Waals surface area contributed by atoms with Crippen LogP contribution in [0.4, 0.5) is 0 Å². The van der Waals surface area contributed by atoms with Gasteiger partial charge in [-0.1, -0.05) is 25.1 Å². The van der Waals surface area contributed by atoms with Gasteiger partial charge < -0.3 is 15.2 Å². The van der Waals surface area contributed by atoms with E-state index in [1.54, 1.807) is 7.11 Å². The SMILES string of the molecule is CCc1ccccc1OC1CC(N)C1OC. The average molecular weight is 221 g/mol. The fraction of sp³-hybridized carbons (Fsp3) is 0.538. The smallest absolute Gasteiger partial charge is 0.128 e. The molecular formula is C13H19NO2. The van der Waals surface area contributed by atoms with E-state index >= 15 is 0 Å². The molecule has 1 fully saturated rings. The molecule has 0 aromatic heterocycles. The molecule has 88 valence electrons. The number of aryl methyl sites for hydroxylation is 1. The van der Waals surface area contributed by atoms with Gasteiger partial charge in [0.25, 0.3) is 0 Å². The first-order valence-electron chi connectivity index (χ1n) is 5.79. The van der Waals surface area contributed by atoms with Gasteiger partial charge in [0, 0.05) is 19.6 Å². The lowest BCUT2D eigenvalue weighted by molar-refractivity contribution is -0.0785. The standard InChI is InChI=1S/C13H19NO2/c1-3-9-6-4-5-7-11(9)16-12-8-10(14)13(12)15-2/h4-7,10,12-13H,3,8,14H2,1-2H3. The quantitative estimate of drug-likeness (QED) is 0.842. The minimum Gasteiger partial charge on any atom is -0.487 e. The lowest BCUT2D eigenvalue weighted by Gasteiger charge is -2.41. The summed E-state index contributed by atoms with van der Waals surface area (Å²) >= 11 is 0. The zero-order valence-electron chi connectivity index (χ0n) is 9.85. The number of methoxy groups -OCH3 is 1. The Hall–Kier alpha value is -1.06. The first-order valence-corrected chi connectivity index (χ1v) is 5.79. The van der Waals surface area contributed by atoms with Crippen molar-refractivity contribution in [1.29, 1.82) is 0 Å².